The summed E-state index contributed by atoms with van der Waals surface area (Å²) in [7, 11) is 0. The number of nitrogens with zero attached hydrogens (tertiary/aromatic N) is 3. The number of carbonyl (C=O) groups is 1. The van der Waals surface area contributed by atoms with E-state index in [1.54, 1.807) is 11.8 Å². The first-order valence-electron chi connectivity index (χ1n) is 12.8. The lowest BCUT2D eigenvalue weighted by Gasteiger charge is -2.17. The van der Waals surface area contributed by atoms with E-state index in [0.717, 1.165) is 32.1 Å². The predicted octanol–water partition coefficient (Wildman–Crippen LogP) is 7.12. The molecule has 0 spiro atoms. The summed E-state index contributed by atoms with van der Waals surface area (Å²) in [6, 6.07) is 27.1. The SMILES string of the molecule is CC(C)c1ccc2c(Nc3cc(C(=O)N[C@@H](C)c4ccccc4)ccc3Sc3ccc(N)cc3)ncnc2n1. The van der Waals surface area contributed by atoms with Crippen molar-refractivity contribution in [2.24, 2.45) is 0 Å². The standard InChI is InChI=1S/C31H30N6OS/c1-19(2)26-15-14-25-29(36-26)33-18-34-30(25)37-27-17-22(31(38)35-20(3)21-7-5-4-6-8-21)9-16-28(27)39-24-12-10-23(32)11-13-24/h4-20H,32H2,1-3H3,(H,35,38)(H,33,34,36,37)/t20-/m0/s1. The summed E-state index contributed by atoms with van der Waals surface area (Å²) in [5, 5.41) is 7.37. The van der Waals surface area contributed by atoms with Gasteiger partial charge in [-0.25, -0.2) is 15.0 Å². The molecule has 0 fully saturated rings. The third-order valence-electron chi connectivity index (χ3n) is 6.36. The van der Waals surface area contributed by atoms with Gasteiger partial charge in [-0.1, -0.05) is 55.9 Å². The highest BCUT2D eigenvalue weighted by atomic mass is 32.2. The largest absolute Gasteiger partial charge is 0.399 e. The van der Waals surface area contributed by atoms with Crippen LogP contribution in [0.5, 0.6) is 0 Å². The normalized spacial score (nSPS) is 11.9. The van der Waals surface area contributed by atoms with Gasteiger partial charge < -0.3 is 16.4 Å². The van der Waals surface area contributed by atoms with Crippen LogP contribution in [0.2, 0.25) is 0 Å². The Kier molecular flexibility index (Phi) is 7.74. The first-order valence-corrected chi connectivity index (χ1v) is 13.6. The van der Waals surface area contributed by atoms with Crippen LogP contribution in [0, 0.1) is 0 Å². The smallest absolute Gasteiger partial charge is 0.251 e. The number of rotatable bonds is 8. The summed E-state index contributed by atoms with van der Waals surface area (Å²) in [6.45, 7) is 6.18. The zero-order chi connectivity index (χ0) is 27.4. The minimum absolute atomic E-state index is 0.133. The number of aromatic nitrogens is 3. The number of nitrogens with one attached hydrogen (secondary N) is 2. The van der Waals surface area contributed by atoms with E-state index in [9.17, 15) is 4.79 Å². The molecule has 0 aliphatic carbocycles. The maximum Gasteiger partial charge on any atom is 0.251 e. The Morgan fingerprint density at radius 3 is 2.41 bits per heavy atom. The zero-order valence-electron chi connectivity index (χ0n) is 22.1. The predicted molar refractivity (Wildman–Crippen MR) is 158 cm³/mol. The summed E-state index contributed by atoms with van der Waals surface area (Å²) in [5.41, 5.74) is 10.5. The molecule has 4 N–H and O–H groups in total. The van der Waals surface area contributed by atoms with Crippen LogP contribution in [-0.4, -0.2) is 20.9 Å². The molecule has 7 nitrogen and oxygen atoms in total. The fraction of sp³-hybridized carbons (Fsp3) is 0.161. The van der Waals surface area contributed by atoms with E-state index in [0.29, 0.717) is 22.7 Å². The van der Waals surface area contributed by atoms with Crippen molar-refractivity contribution in [3.63, 3.8) is 0 Å². The van der Waals surface area contributed by atoms with Crippen LogP contribution in [0.25, 0.3) is 11.0 Å². The third-order valence-corrected chi connectivity index (χ3v) is 7.44. The monoisotopic (exact) mass is 534 g/mol. The van der Waals surface area contributed by atoms with Crippen molar-refractivity contribution in [3.8, 4) is 0 Å². The van der Waals surface area contributed by atoms with Gasteiger partial charge in [0.05, 0.1) is 17.1 Å². The summed E-state index contributed by atoms with van der Waals surface area (Å²) in [5.74, 6) is 0.753. The number of fused-ring (bicyclic) bond motifs is 1. The van der Waals surface area contributed by atoms with Gasteiger partial charge in [0.25, 0.3) is 5.91 Å². The van der Waals surface area contributed by atoms with Gasteiger partial charge in [-0.15, -0.1) is 0 Å². The number of pyridine rings is 1. The lowest BCUT2D eigenvalue weighted by atomic mass is 10.1. The summed E-state index contributed by atoms with van der Waals surface area (Å²) in [4.78, 5) is 28.8. The molecule has 0 saturated carbocycles. The van der Waals surface area contributed by atoms with Gasteiger partial charge in [-0.3, -0.25) is 4.79 Å². The number of nitrogen functional groups attached to an aromatic ring is 1. The molecule has 1 atom stereocenters. The number of carbonyl (C=O) groups excluding carboxylic acids is 1. The van der Waals surface area contributed by atoms with Crippen molar-refractivity contribution in [3.05, 3.63) is 108 Å². The van der Waals surface area contributed by atoms with E-state index >= 15 is 0 Å². The summed E-state index contributed by atoms with van der Waals surface area (Å²) >= 11 is 1.58. The minimum Gasteiger partial charge on any atom is -0.399 e. The average Bonchev–Trinajstić information content (AvgIpc) is 2.95. The van der Waals surface area contributed by atoms with E-state index in [1.165, 1.54) is 6.33 Å². The Labute approximate surface area is 232 Å². The molecule has 8 heteroatoms. The van der Waals surface area contributed by atoms with Gasteiger partial charge in [0, 0.05) is 26.7 Å². The summed E-state index contributed by atoms with van der Waals surface area (Å²) in [6.07, 6.45) is 1.51. The van der Waals surface area contributed by atoms with E-state index in [-0.39, 0.29) is 17.9 Å². The van der Waals surface area contributed by atoms with E-state index in [4.69, 9.17) is 10.7 Å². The highest BCUT2D eigenvalue weighted by Crippen LogP contribution is 2.37. The van der Waals surface area contributed by atoms with Gasteiger partial charge in [-0.2, -0.15) is 0 Å². The number of benzene rings is 3. The molecule has 0 saturated heterocycles. The number of amides is 1. The second kappa shape index (κ2) is 11.5. The Balaban J connectivity index is 1.49. The third kappa shape index (κ3) is 6.18. The Morgan fingerprint density at radius 1 is 0.897 bits per heavy atom. The Hall–Kier alpha value is -4.43. The highest BCUT2D eigenvalue weighted by Gasteiger charge is 2.16. The second-order valence-electron chi connectivity index (χ2n) is 9.60. The van der Waals surface area contributed by atoms with Crippen LogP contribution in [0.3, 0.4) is 0 Å². The number of hydrogen-bond acceptors (Lipinski definition) is 7. The first kappa shape index (κ1) is 26.2. The van der Waals surface area contributed by atoms with Crippen molar-refractivity contribution in [2.45, 2.75) is 42.5 Å². The molecule has 39 heavy (non-hydrogen) atoms. The molecule has 0 bridgehead atoms. The van der Waals surface area contributed by atoms with Gasteiger partial charge in [0.1, 0.15) is 12.1 Å². The average molecular weight is 535 g/mol. The van der Waals surface area contributed by atoms with Crippen LogP contribution in [0.4, 0.5) is 17.2 Å². The molecule has 2 aromatic heterocycles. The molecule has 0 radical (unpaired) electrons. The number of anilines is 3. The van der Waals surface area contributed by atoms with Crippen LogP contribution < -0.4 is 16.4 Å². The van der Waals surface area contributed by atoms with Gasteiger partial charge >= 0.3 is 0 Å². The molecule has 2 heterocycles. The van der Waals surface area contributed by atoms with Crippen molar-refractivity contribution in [1.82, 2.24) is 20.3 Å². The molecule has 1 amide bonds. The Bertz CT molecular complexity index is 1610. The highest BCUT2D eigenvalue weighted by molar-refractivity contribution is 7.99. The van der Waals surface area contributed by atoms with Crippen LogP contribution in [0.15, 0.2) is 101 Å². The molecule has 5 aromatic rings. The van der Waals surface area contributed by atoms with E-state index in [1.807, 2.05) is 91.9 Å². The fourth-order valence-corrected chi connectivity index (χ4v) is 5.01. The summed E-state index contributed by atoms with van der Waals surface area (Å²) < 4.78 is 0. The molecule has 0 aliphatic rings. The topological polar surface area (TPSA) is 106 Å². The second-order valence-corrected chi connectivity index (χ2v) is 10.7. The van der Waals surface area contributed by atoms with Gasteiger partial charge in [-0.05, 0) is 73.0 Å². The minimum atomic E-state index is -0.158. The van der Waals surface area contributed by atoms with E-state index in [2.05, 4.69) is 34.4 Å². The van der Waals surface area contributed by atoms with Gasteiger partial charge in [0.15, 0.2) is 5.65 Å². The molecular weight excluding hydrogens is 504 g/mol. The molecule has 196 valence electrons. The molecule has 5 rings (SSSR count). The van der Waals surface area contributed by atoms with Crippen molar-refractivity contribution < 1.29 is 4.79 Å². The number of nitrogens with two attached hydrogens (primary N) is 1. The molecular formula is C31H30N6OS. The first-order chi connectivity index (χ1) is 18.9. The maximum absolute atomic E-state index is 13.3. The number of hydrogen-bond donors (Lipinski definition) is 3. The zero-order valence-corrected chi connectivity index (χ0v) is 22.9. The van der Waals surface area contributed by atoms with Crippen LogP contribution in [0.1, 0.15) is 54.3 Å². The van der Waals surface area contributed by atoms with Crippen LogP contribution in [-0.2, 0) is 0 Å². The van der Waals surface area contributed by atoms with Crippen molar-refractivity contribution in [1.29, 1.82) is 0 Å². The maximum atomic E-state index is 13.3. The van der Waals surface area contributed by atoms with Crippen LogP contribution >= 0.6 is 11.8 Å². The Morgan fingerprint density at radius 2 is 1.67 bits per heavy atom. The lowest BCUT2D eigenvalue weighted by molar-refractivity contribution is 0.0940. The van der Waals surface area contributed by atoms with Crippen molar-refractivity contribution >= 4 is 45.9 Å². The fourth-order valence-electron chi connectivity index (χ4n) is 4.13. The lowest BCUT2D eigenvalue weighted by Crippen LogP contribution is -2.26. The quantitative estimate of drug-likeness (QED) is 0.182. The van der Waals surface area contributed by atoms with Gasteiger partial charge in [0.2, 0.25) is 0 Å². The molecule has 0 aliphatic heterocycles. The van der Waals surface area contributed by atoms with Crippen molar-refractivity contribution in [2.75, 3.05) is 11.1 Å². The molecule has 3 aromatic carbocycles. The molecule has 0 unspecified atom stereocenters. The van der Waals surface area contributed by atoms with E-state index < -0.39 is 0 Å².